The Labute approximate surface area is 160 Å². The van der Waals surface area contributed by atoms with E-state index in [9.17, 15) is 18.0 Å². The quantitative estimate of drug-likeness (QED) is 0.752. The molecule has 1 amide bonds. The molecule has 27 heavy (non-hydrogen) atoms. The van der Waals surface area contributed by atoms with Crippen molar-refractivity contribution in [2.75, 3.05) is 31.6 Å². The molecule has 3 rings (SSSR count). The van der Waals surface area contributed by atoms with Crippen molar-refractivity contribution in [3.05, 3.63) is 33.7 Å². The number of carbonyl (C=O) groups excluding carboxylic acids is 1. The molecule has 0 unspecified atom stereocenters. The van der Waals surface area contributed by atoms with Gasteiger partial charge in [0.1, 0.15) is 5.56 Å². The third-order valence-corrected chi connectivity index (χ3v) is 7.45. The number of hydrogen-bond acceptors (Lipinski definition) is 5. The summed E-state index contributed by atoms with van der Waals surface area (Å²) in [6.45, 7) is 7.56. The summed E-state index contributed by atoms with van der Waals surface area (Å²) >= 11 is 0. The molecule has 1 aromatic rings. The number of hydrogen-bond donors (Lipinski definition) is 0. The zero-order valence-corrected chi connectivity index (χ0v) is 17.3. The topological polar surface area (TPSA) is 79.7 Å². The summed E-state index contributed by atoms with van der Waals surface area (Å²) in [4.78, 5) is 29.9. The Morgan fingerprint density at radius 3 is 2.56 bits per heavy atom. The maximum atomic E-state index is 13.3. The molecule has 7 nitrogen and oxygen atoms in total. The van der Waals surface area contributed by atoms with Crippen LogP contribution in [0.1, 0.15) is 36.2 Å². The van der Waals surface area contributed by atoms with Gasteiger partial charge in [-0.25, -0.2) is 8.42 Å². The summed E-state index contributed by atoms with van der Waals surface area (Å²) in [5, 5.41) is 0. The molecule has 1 aromatic heterocycles. The highest BCUT2D eigenvalue weighted by molar-refractivity contribution is 7.91. The molecule has 0 radical (unpaired) electrons. The first-order chi connectivity index (χ1) is 12.6. The normalized spacial score (nSPS) is 25.0. The Morgan fingerprint density at radius 1 is 1.22 bits per heavy atom. The number of piperazine rings is 1. The minimum atomic E-state index is -3.18. The molecule has 3 heterocycles. The number of carbonyl (C=O) groups is 1. The van der Waals surface area contributed by atoms with Crippen LogP contribution in [-0.2, 0) is 16.4 Å². The van der Waals surface area contributed by atoms with E-state index in [0.717, 1.165) is 6.42 Å². The van der Waals surface area contributed by atoms with Gasteiger partial charge in [0.2, 0.25) is 0 Å². The fraction of sp³-hybridized carbons (Fsp3) is 0.684. The van der Waals surface area contributed by atoms with Crippen LogP contribution in [0.3, 0.4) is 0 Å². The van der Waals surface area contributed by atoms with Crippen LogP contribution in [0.25, 0.3) is 0 Å². The van der Waals surface area contributed by atoms with Crippen LogP contribution in [0, 0.1) is 12.8 Å². The van der Waals surface area contributed by atoms with E-state index in [0.29, 0.717) is 31.1 Å². The van der Waals surface area contributed by atoms with Crippen LogP contribution in [0.15, 0.2) is 17.1 Å². The summed E-state index contributed by atoms with van der Waals surface area (Å²) in [5.41, 5.74) is 0.535. The molecular formula is C19H29N3O4S. The number of aromatic nitrogens is 1. The van der Waals surface area contributed by atoms with Crippen molar-refractivity contribution in [1.82, 2.24) is 14.4 Å². The van der Waals surface area contributed by atoms with Crippen LogP contribution < -0.4 is 5.56 Å². The second kappa shape index (κ2) is 7.39. The van der Waals surface area contributed by atoms with Gasteiger partial charge in [-0.2, -0.15) is 0 Å². The lowest BCUT2D eigenvalue weighted by atomic mass is 10.0. The lowest BCUT2D eigenvalue weighted by molar-refractivity contribution is 0.0407. The van der Waals surface area contributed by atoms with Crippen molar-refractivity contribution in [2.45, 2.75) is 45.8 Å². The van der Waals surface area contributed by atoms with Crippen molar-refractivity contribution in [1.29, 1.82) is 0 Å². The van der Waals surface area contributed by atoms with E-state index in [1.54, 1.807) is 28.7 Å². The van der Waals surface area contributed by atoms with Gasteiger partial charge in [-0.3, -0.25) is 14.5 Å². The minimum Gasteiger partial charge on any atom is -0.332 e. The third-order valence-electron chi connectivity index (χ3n) is 5.75. The molecular weight excluding hydrogens is 366 g/mol. The minimum absolute atomic E-state index is 0.0266. The zero-order chi connectivity index (χ0) is 19.9. The molecule has 0 saturated carbocycles. The van der Waals surface area contributed by atoms with Gasteiger partial charge in [0.15, 0.2) is 9.84 Å². The van der Waals surface area contributed by atoms with Gasteiger partial charge >= 0.3 is 0 Å². The summed E-state index contributed by atoms with van der Waals surface area (Å²) < 4.78 is 25.9. The number of pyridine rings is 1. The number of amides is 1. The zero-order valence-electron chi connectivity index (χ0n) is 16.5. The first-order valence-corrected chi connectivity index (χ1v) is 11.3. The smallest absolute Gasteiger partial charge is 0.263 e. The SMILES string of the molecule is Cc1ccn(CCC(C)C)c(=O)c1C(=O)N1CCN(C)[C@@H]2CS(=O)(=O)C[C@@H]21. The molecule has 8 heteroatoms. The van der Waals surface area contributed by atoms with E-state index in [2.05, 4.69) is 13.8 Å². The lowest BCUT2D eigenvalue weighted by Gasteiger charge is -2.42. The monoisotopic (exact) mass is 395 g/mol. The second-order valence-corrected chi connectivity index (χ2v) is 10.4. The van der Waals surface area contributed by atoms with Gasteiger partial charge in [0.25, 0.3) is 11.5 Å². The largest absolute Gasteiger partial charge is 0.332 e. The second-order valence-electron chi connectivity index (χ2n) is 8.25. The Kier molecular flexibility index (Phi) is 5.49. The molecule has 0 N–H and O–H groups in total. The molecule has 0 aromatic carbocycles. The van der Waals surface area contributed by atoms with E-state index >= 15 is 0 Å². The van der Waals surface area contributed by atoms with Gasteiger partial charge in [-0.05, 0) is 37.9 Å². The molecule has 0 spiro atoms. The fourth-order valence-corrected chi connectivity index (χ4v) is 6.08. The third kappa shape index (κ3) is 3.96. The van der Waals surface area contributed by atoms with E-state index in [1.165, 1.54) is 0 Å². The molecule has 2 aliphatic heterocycles. The van der Waals surface area contributed by atoms with E-state index in [-0.39, 0.29) is 40.6 Å². The molecule has 0 bridgehead atoms. The summed E-state index contributed by atoms with van der Waals surface area (Å²) in [7, 11) is -1.28. The summed E-state index contributed by atoms with van der Waals surface area (Å²) in [5.74, 6) is 0.168. The van der Waals surface area contributed by atoms with Crippen LogP contribution in [0.4, 0.5) is 0 Å². The average Bonchev–Trinajstić information content (AvgIpc) is 2.90. The van der Waals surface area contributed by atoms with Crippen molar-refractivity contribution < 1.29 is 13.2 Å². The first-order valence-electron chi connectivity index (χ1n) is 9.52. The number of aryl methyl sites for hydroxylation is 2. The van der Waals surface area contributed by atoms with Gasteiger partial charge in [-0.15, -0.1) is 0 Å². The predicted molar refractivity (Wildman–Crippen MR) is 105 cm³/mol. The Morgan fingerprint density at radius 2 is 1.89 bits per heavy atom. The molecule has 2 atom stereocenters. The Balaban J connectivity index is 1.93. The molecule has 0 aliphatic carbocycles. The van der Waals surface area contributed by atoms with Crippen LogP contribution in [-0.4, -0.2) is 72.4 Å². The van der Waals surface area contributed by atoms with Crippen LogP contribution >= 0.6 is 0 Å². The summed E-state index contributed by atoms with van der Waals surface area (Å²) in [6, 6.07) is 1.22. The lowest BCUT2D eigenvalue weighted by Crippen LogP contribution is -2.60. The number of rotatable bonds is 4. The maximum Gasteiger partial charge on any atom is 0.263 e. The van der Waals surface area contributed by atoms with Gasteiger partial charge in [-0.1, -0.05) is 13.8 Å². The Hall–Kier alpha value is -1.67. The number of fused-ring (bicyclic) bond motifs is 1. The first kappa shape index (κ1) is 20.1. The number of nitrogens with zero attached hydrogens (tertiary/aromatic N) is 3. The molecule has 2 fully saturated rings. The van der Waals surface area contributed by atoms with E-state index in [1.807, 2.05) is 11.9 Å². The molecule has 2 aliphatic rings. The van der Waals surface area contributed by atoms with Crippen LogP contribution in [0.5, 0.6) is 0 Å². The highest BCUT2D eigenvalue weighted by Gasteiger charge is 2.47. The van der Waals surface area contributed by atoms with Gasteiger partial charge in [0.05, 0.1) is 17.5 Å². The molecule has 2 saturated heterocycles. The van der Waals surface area contributed by atoms with Crippen LogP contribution in [0.2, 0.25) is 0 Å². The summed E-state index contributed by atoms with van der Waals surface area (Å²) in [6.07, 6.45) is 2.59. The van der Waals surface area contributed by atoms with Crippen molar-refractivity contribution in [3.8, 4) is 0 Å². The Bertz CT molecular complexity index is 891. The van der Waals surface area contributed by atoms with Crippen molar-refractivity contribution in [3.63, 3.8) is 0 Å². The van der Waals surface area contributed by atoms with Crippen molar-refractivity contribution >= 4 is 15.7 Å². The maximum absolute atomic E-state index is 13.3. The number of sulfone groups is 1. The van der Waals surface area contributed by atoms with Gasteiger partial charge < -0.3 is 9.47 Å². The van der Waals surface area contributed by atoms with E-state index < -0.39 is 9.84 Å². The standard InChI is InChI=1S/C19H29N3O4S/c1-13(2)5-7-21-8-6-14(3)17(18(21)23)19(24)22-10-9-20(4)15-11-27(25,26)12-16(15)22/h6,8,13,15-16H,5,7,9-12H2,1-4H3/t15-,16+/m1/s1. The predicted octanol–water partition coefficient (Wildman–Crippen LogP) is 0.756. The fourth-order valence-electron chi connectivity index (χ4n) is 4.02. The van der Waals surface area contributed by atoms with E-state index in [4.69, 9.17) is 0 Å². The highest BCUT2D eigenvalue weighted by Crippen LogP contribution is 2.27. The van der Waals surface area contributed by atoms with Gasteiger partial charge in [0, 0.05) is 31.9 Å². The van der Waals surface area contributed by atoms with Crippen molar-refractivity contribution in [2.24, 2.45) is 5.92 Å². The highest BCUT2D eigenvalue weighted by atomic mass is 32.2. The molecule has 150 valence electrons. The number of likely N-dealkylation sites (N-methyl/N-ethyl adjacent to an activating group) is 1. The average molecular weight is 396 g/mol.